The smallest absolute Gasteiger partial charge is 0.290 e. The summed E-state index contributed by atoms with van der Waals surface area (Å²) in [5.41, 5.74) is -0.230. The molecule has 9 heteroatoms. The molecule has 1 fully saturated rings. The van der Waals surface area contributed by atoms with Crippen molar-refractivity contribution in [1.82, 2.24) is 10.2 Å². The van der Waals surface area contributed by atoms with Gasteiger partial charge < -0.3 is 25.7 Å². The number of aliphatic hydroxyl groups is 1. The molecule has 1 saturated heterocycles. The van der Waals surface area contributed by atoms with Gasteiger partial charge in [0.2, 0.25) is 5.75 Å². The minimum absolute atomic E-state index is 0. The highest BCUT2D eigenvalue weighted by Crippen LogP contribution is 2.46. The molecule has 1 aliphatic heterocycles. The average molecular weight is 341 g/mol. The summed E-state index contributed by atoms with van der Waals surface area (Å²) in [6.45, 7) is 0.233. The fourth-order valence-corrected chi connectivity index (χ4v) is 2.52. The molecule has 1 aliphatic rings. The normalized spacial score (nSPS) is 17.8. The van der Waals surface area contributed by atoms with Crippen molar-refractivity contribution in [3.05, 3.63) is 17.7 Å². The van der Waals surface area contributed by atoms with Crippen molar-refractivity contribution in [2.75, 3.05) is 32.8 Å². The highest BCUT2D eigenvalue weighted by atomic mass is 35.5. The molecule has 6 nitrogen and oxygen atoms in total. The minimum Gasteiger partial charge on any atom is -0.504 e. The molecule has 0 bridgehead atoms. The van der Waals surface area contributed by atoms with Gasteiger partial charge in [-0.25, -0.2) is 8.78 Å². The summed E-state index contributed by atoms with van der Waals surface area (Å²) in [5, 5.41) is 40.7. The first-order chi connectivity index (χ1) is 9.88. The molecule has 0 aliphatic carbocycles. The zero-order valence-corrected chi connectivity index (χ0v) is 12.5. The number of rotatable bonds is 4. The van der Waals surface area contributed by atoms with Gasteiger partial charge in [-0.3, -0.25) is 4.90 Å². The molecule has 0 spiro atoms. The Bertz CT molecular complexity index is 513. The minimum atomic E-state index is -3.50. The molecule has 1 aromatic carbocycles. The van der Waals surface area contributed by atoms with E-state index in [0.29, 0.717) is 26.2 Å². The fourth-order valence-electron chi connectivity index (χ4n) is 2.52. The van der Waals surface area contributed by atoms with E-state index in [4.69, 9.17) is 5.11 Å². The summed E-state index contributed by atoms with van der Waals surface area (Å²) in [7, 11) is 0. The Morgan fingerprint density at radius 3 is 2.27 bits per heavy atom. The maximum atomic E-state index is 14.1. The molecule has 0 saturated carbocycles. The zero-order chi connectivity index (χ0) is 15.6. The first-order valence-electron chi connectivity index (χ1n) is 6.55. The van der Waals surface area contributed by atoms with Gasteiger partial charge in [-0.1, -0.05) is 0 Å². The van der Waals surface area contributed by atoms with E-state index in [1.807, 2.05) is 0 Å². The van der Waals surface area contributed by atoms with Crippen molar-refractivity contribution in [3.8, 4) is 17.2 Å². The van der Waals surface area contributed by atoms with Crippen LogP contribution in [0.5, 0.6) is 17.2 Å². The molecule has 22 heavy (non-hydrogen) atoms. The zero-order valence-electron chi connectivity index (χ0n) is 11.7. The molecule has 126 valence electrons. The van der Waals surface area contributed by atoms with Crippen molar-refractivity contribution >= 4 is 12.4 Å². The van der Waals surface area contributed by atoms with Crippen molar-refractivity contribution in [3.63, 3.8) is 0 Å². The molecule has 5 N–H and O–H groups in total. The van der Waals surface area contributed by atoms with Crippen LogP contribution in [0, 0.1) is 0 Å². The maximum absolute atomic E-state index is 14.1. The lowest BCUT2D eigenvalue weighted by atomic mass is 9.96. The topological polar surface area (TPSA) is 96.2 Å². The second-order valence-corrected chi connectivity index (χ2v) is 4.98. The number of nitrogens with one attached hydrogen (secondary N) is 1. The van der Waals surface area contributed by atoms with E-state index in [-0.39, 0.29) is 18.0 Å². The van der Waals surface area contributed by atoms with E-state index in [0.717, 1.165) is 12.1 Å². The lowest BCUT2D eigenvalue weighted by molar-refractivity contribution is -0.119. The number of phenols is 3. The van der Waals surface area contributed by atoms with E-state index >= 15 is 0 Å². The van der Waals surface area contributed by atoms with E-state index in [1.54, 1.807) is 0 Å². The molecular weight excluding hydrogens is 322 g/mol. The Kier molecular flexibility index (Phi) is 6.18. The Morgan fingerprint density at radius 2 is 1.73 bits per heavy atom. The van der Waals surface area contributed by atoms with Crippen LogP contribution in [-0.2, 0) is 0 Å². The van der Waals surface area contributed by atoms with Crippen LogP contribution in [0.25, 0.3) is 0 Å². The molecule has 0 radical (unpaired) electrons. The van der Waals surface area contributed by atoms with Gasteiger partial charge in [0.05, 0.1) is 0 Å². The first-order valence-corrected chi connectivity index (χ1v) is 6.55. The van der Waals surface area contributed by atoms with Gasteiger partial charge in [-0.05, 0) is 12.1 Å². The number of aromatic hydroxyl groups is 3. The van der Waals surface area contributed by atoms with Crippen molar-refractivity contribution < 1.29 is 29.2 Å². The van der Waals surface area contributed by atoms with E-state index < -0.39 is 35.8 Å². The number of hydrogen-bond acceptors (Lipinski definition) is 6. The van der Waals surface area contributed by atoms with Crippen LogP contribution in [0.4, 0.5) is 8.78 Å². The number of halogens is 3. The van der Waals surface area contributed by atoms with Crippen molar-refractivity contribution in [2.45, 2.75) is 12.0 Å². The number of alkyl halides is 2. The highest BCUT2D eigenvalue weighted by molar-refractivity contribution is 5.85. The highest BCUT2D eigenvalue weighted by Gasteiger charge is 2.45. The van der Waals surface area contributed by atoms with Gasteiger partial charge in [-0.15, -0.1) is 12.4 Å². The van der Waals surface area contributed by atoms with Crippen LogP contribution in [0.3, 0.4) is 0 Å². The summed E-state index contributed by atoms with van der Waals surface area (Å²) in [6, 6.07) is 0.573. The summed E-state index contributed by atoms with van der Waals surface area (Å²) in [4.78, 5) is 1.43. The van der Waals surface area contributed by atoms with Gasteiger partial charge in [-0.2, -0.15) is 0 Å². The van der Waals surface area contributed by atoms with Gasteiger partial charge in [0, 0.05) is 31.7 Å². The molecule has 1 atom stereocenters. The largest absolute Gasteiger partial charge is 0.504 e. The third kappa shape index (κ3) is 3.52. The van der Waals surface area contributed by atoms with Crippen LogP contribution < -0.4 is 5.32 Å². The monoisotopic (exact) mass is 340 g/mol. The number of benzene rings is 1. The van der Waals surface area contributed by atoms with Crippen LogP contribution >= 0.6 is 12.4 Å². The molecule has 1 aromatic rings. The van der Waals surface area contributed by atoms with E-state index in [1.165, 1.54) is 4.90 Å². The lowest BCUT2D eigenvalue weighted by Gasteiger charge is -2.39. The average Bonchev–Trinajstić information content (AvgIpc) is 2.48. The molecular formula is C13H19ClF2N2O4. The van der Waals surface area contributed by atoms with Crippen molar-refractivity contribution in [1.29, 1.82) is 0 Å². The summed E-state index contributed by atoms with van der Waals surface area (Å²) in [5.74, 6) is -5.74. The number of nitrogens with zero attached hydrogens (tertiary/aromatic N) is 1. The van der Waals surface area contributed by atoms with Crippen LogP contribution in [0.2, 0.25) is 0 Å². The SMILES string of the molecule is Cl.OCC(F)(F)[C@H](c1ccc(O)c(O)c1O)N1CCNCC1. The van der Waals surface area contributed by atoms with Crippen LogP contribution in [0.1, 0.15) is 11.6 Å². The predicted molar refractivity (Wildman–Crippen MR) is 77.9 cm³/mol. The Labute approximate surface area is 132 Å². The standard InChI is InChI=1S/C13H18F2N2O4.ClH/c14-13(15,7-18)12(17-5-3-16-4-6-17)8-1-2-9(19)11(21)10(8)20;/h1-2,12,16,18-21H,3-7H2;1H/t12-;/m0./s1. The summed E-state index contributed by atoms with van der Waals surface area (Å²) >= 11 is 0. The quantitative estimate of drug-likeness (QED) is 0.520. The number of hydrogen-bond donors (Lipinski definition) is 5. The van der Waals surface area contributed by atoms with Crippen molar-refractivity contribution in [2.24, 2.45) is 0 Å². The fraction of sp³-hybridized carbons (Fsp3) is 0.538. The third-order valence-corrected chi connectivity index (χ3v) is 3.58. The third-order valence-electron chi connectivity index (χ3n) is 3.58. The number of piperazine rings is 1. The van der Waals surface area contributed by atoms with Gasteiger partial charge >= 0.3 is 0 Å². The molecule has 1 heterocycles. The molecule has 2 rings (SSSR count). The van der Waals surface area contributed by atoms with Crippen LogP contribution in [0.15, 0.2) is 12.1 Å². The van der Waals surface area contributed by atoms with Gasteiger partial charge in [0.1, 0.15) is 12.6 Å². The van der Waals surface area contributed by atoms with E-state index in [9.17, 15) is 24.1 Å². The Hall–Kier alpha value is -1.35. The second kappa shape index (κ2) is 7.28. The number of phenolic OH excluding ortho intramolecular Hbond substituents is 3. The Balaban J connectivity index is 0.00000242. The lowest BCUT2D eigenvalue weighted by Crippen LogP contribution is -2.51. The van der Waals surface area contributed by atoms with Gasteiger partial charge in [0.25, 0.3) is 5.92 Å². The van der Waals surface area contributed by atoms with E-state index in [2.05, 4.69) is 5.32 Å². The molecule has 0 amide bonds. The summed E-state index contributed by atoms with van der Waals surface area (Å²) in [6.07, 6.45) is 0. The van der Waals surface area contributed by atoms with Crippen LogP contribution in [-0.4, -0.2) is 64.0 Å². The Morgan fingerprint density at radius 1 is 1.14 bits per heavy atom. The summed E-state index contributed by atoms with van der Waals surface area (Å²) < 4.78 is 28.3. The second-order valence-electron chi connectivity index (χ2n) is 4.98. The molecule has 0 aromatic heterocycles. The first kappa shape index (κ1) is 18.7. The van der Waals surface area contributed by atoms with Gasteiger partial charge in [0.15, 0.2) is 11.5 Å². The number of aliphatic hydroxyl groups excluding tert-OH is 1. The predicted octanol–water partition coefficient (Wildman–Crippen LogP) is 0.799. The molecule has 0 unspecified atom stereocenters. The maximum Gasteiger partial charge on any atom is 0.290 e.